The lowest BCUT2D eigenvalue weighted by Crippen LogP contribution is -2.37. The fourth-order valence-corrected chi connectivity index (χ4v) is 0.644. The molecule has 1 saturated heterocycles. The summed E-state index contributed by atoms with van der Waals surface area (Å²) in [7, 11) is 2.71. The summed E-state index contributed by atoms with van der Waals surface area (Å²) in [5.41, 5.74) is 0. The fraction of sp³-hybridized carbons (Fsp3) is 1.00. The fourth-order valence-electron chi connectivity index (χ4n) is 0.311. The van der Waals surface area contributed by atoms with Gasteiger partial charge in [-0.1, -0.05) is 0 Å². The van der Waals surface area contributed by atoms with Crippen molar-refractivity contribution in [1.29, 1.82) is 0 Å². The second-order valence-corrected chi connectivity index (χ2v) is 2.15. The third-order valence-corrected chi connectivity index (χ3v) is 1.43. The number of hydrogen-bond donors (Lipinski definition) is 1. The summed E-state index contributed by atoms with van der Waals surface area (Å²) >= 11 is 0. The Bertz CT molecular complexity index is 33.9. The van der Waals surface area contributed by atoms with Gasteiger partial charge in [0, 0.05) is 5.78 Å². The van der Waals surface area contributed by atoms with E-state index in [1.165, 1.54) is 13.0 Å². The molecule has 0 aromatic rings. The summed E-state index contributed by atoms with van der Waals surface area (Å²) in [5, 5.41) is 3.17. The van der Waals surface area contributed by atoms with Gasteiger partial charge >= 0.3 is 0 Å². The zero-order chi connectivity index (χ0) is 3.70. The molecule has 1 fully saturated rings. The zero-order valence-electron chi connectivity index (χ0n) is 3.07. The van der Waals surface area contributed by atoms with Crippen LogP contribution in [-0.4, -0.2) is 12.3 Å². The van der Waals surface area contributed by atoms with Crippen LogP contribution in [0.15, 0.2) is 0 Å². The number of nitrogens with one attached hydrogen (secondary N) is 1. The van der Waals surface area contributed by atoms with Crippen LogP contribution >= 0.6 is 9.24 Å². The van der Waals surface area contributed by atoms with Crippen LogP contribution in [0, 0.1) is 0 Å². The van der Waals surface area contributed by atoms with Gasteiger partial charge in [-0.05, 0) is 13.0 Å². The topological polar surface area (TPSA) is 12.0 Å². The van der Waals surface area contributed by atoms with E-state index in [0.29, 0.717) is 0 Å². The van der Waals surface area contributed by atoms with Crippen molar-refractivity contribution >= 4 is 9.24 Å². The van der Waals surface area contributed by atoms with E-state index in [1.54, 1.807) is 0 Å². The normalized spacial score (nSPS) is 36.6. The first kappa shape index (κ1) is 3.58. The van der Waals surface area contributed by atoms with Crippen LogP contribution in [0.5, 0.6) is 0 Å². The predicted molar refractivity (Wildman–Crippen MR) is 26.1 cm³/mol. The Labute approximate surface area is 34.3 Å². The van der Waals surface area contributed by atoms with Crippen molar-refractivity contribution in [3.05, 3.63) is 0 Å². The van der Waals surface area contributed by atoms with E-state index in [0.717, 1.165) is 5.78 Å². The Hall–Kier alpha value is 0.390. The van der Waals surface area contributed by atoms with Crippen molar-refractivity contribution in [2.24, 2.45) is 0 Å². The molecule has 2 atom stereocenters. The average molecular weight is 89.1 g/mol. The minimum atomic E-state index is 0.731. The van der Waals surface area contributed by atoms with Gasteiger partial charge in [-0.15, -0.1) is 9.24 Å². The Kier molecular flexibility index (Phi) is 0.884. The Morgan fingerprint density at radius 3 is 2.20 bits per heavy atom. The van der Waals surface area contributed by atoms with Gasteiger partial charge in [0.15, 0.2) is 0 Å². The quantitative estimate of drug-likeness (QED) is 0.417. The lowest BCUT2D eigenvalue weighted by molar-refractivity contribution is 0.486. The molecule has 0 radical (unpaired) electrons. The summed E-state index contributed by atoms with van der Waals surface area (Å²) in [5.74, 6) is 0.731. The summed E-state index contributed by atoms with van der Waals surface area (Å²) in [6.07, 6.45) is 1.34. The number of hydrogen-bond acceptors (Lipinski definition) is 1. The summed E-state index contributed by atoms with van der Waals surface area (Å²) in [4.78, 5) is 0. The SMILES string of the molecule is PC1CCN1. The Balaban J connectivity index is 2.08. The van der Waals surface area contributed by atoms with Gasteiger partial charge < -0.3 is 5.32 Å². The molecule has 1 aliphatic heterocycles. The van der Waals surface area contributed by atoms with Crippen molar-refractivity contribution in [2.45, 2.75) is 12.2 Å². The third-order valence-electron chi connectivity index (χ3n) is 0.862. The first-order valence-corrected chi connectivity index (χ1v) is 2.55. The molecule has 1 aliphatic rings. The van der Waals surface area contributed by atoms with Crippen LogP contribution in [0.25, 0.3) is 0 Å². The lowest BCUT2D eigenvalue weighted by Gasteiger charge is -2.21. The summed E-state index contributed by atoms with van der Waals surface area (Å²) in [6, 6.07) is 0. The molecule has 0 aromatic carbocycles. The summed E-state index contributed by atoms with van der Waals surface area (Å²) in [6.45, 7) is 1.22. The van der Waals surface area contributed by atoms with E-state index in [1.807, 2.05) is 0 Å². The minimum absolute atomic E-state index is 0.731. The number of rotatable bonds is 0. The van der Waals surface area contributed by atoms with Crippen LogP contribution < -0.4 is 5.32 Å². The highest BCUT2D eigenvalue weighted by atomic mass is 31.0. The molecule has 1 N–H and O–H groups in total. The molecule has 1 nitrogen and oxygen atoms in total. The summed E-state index contributed by atoms with van der Waals surface area (Å²) < 4.78 is 0. The first-order chi connectivity index (χ1) is 2.39. The maximum absolute atomic E-state index is 3.17. The van der Waals surface area contributed by atoms with Crippen molar-refractivity contribution in [2.75, 3.05) is 6.54 Å². The van der Waals surface area contributed by atoms with Crippen LogP contribution in [0.1, 0.15) is 6.42 Å². The largest absolute Gasteiger partial charge is 0.311 e. The standard InChI is InChI=1S/C3H8NP/c5-3-1-2-4-3/h3-4H,1-2,5H2. The van der Waals surface area contributed by atoms with E-state index in [-0.39, 0.29) is 0 Å². The third kappa shape index (κ3) is 0.614. The molecule has 2 heteroatoms. The molecule has 30 valence electrons. The van der Waals surface area contributed by atoms with E-state index in [4.69, 9.17) is 0 Å². The first-order valence-electron chi connectivity index (χ1n) is 1.88. The highest BCUT2D eigenvalue weighted by Crippen LogP contribution is 2.07. The zero-order valence-corrected chi connectivity index (χ0v) is 4.22. The van der Waals surface area contributed by atoms with E-state index in [2.05, 4.69) is 14.6 Å². The second-order valence-electron chi connectivity index (χ2n) is 1.35. The van der Waals surface area contributed by atoms with Crippen LogP contribution in [-0.2, 0) is 0 Å². The maximum atomic E-state index is 3.17. The molecule has 1 rings (SSSR count). The van der Waals surface area contributed by atoms with Gasteiger partial charge in [-0.3, -0.25) is 0 Å². The van der Waals surface area contributed by atoms with Gasteiger partial charge in [0.25, 0.3) is 0 Å². The molecule has 5 heavy (non-hydrogen) atoms. The molecule has 0 bridgehead atoms. The highest BCUT2D eigenvalue weighted by molar-refractivity contribution is 7.17. The van der Waals surface area contributed by atoms with E-state index < -0.39 is 0 Å². The van der Waals surface area contributed by atoms with Gasteiger partial charge in [-0.25, -0.2) is 0 Å². The molecule has 0 aliphatic carbocycles. The predicted octanol–water partition coefficient (Wildman–Crippen LogP) is 0.181. The molecule has 0 aromatic heterocycles. The van der Waals surface area contributed by atoms with Crippen molar-refractivity contribution in [3.8, 4) is 0 Å². The molecular formula is C3H8NP. The molecule has 2 unspecified atom stereocenters. The van der Waals surface area contributed by atoms with Crippen LogP contribution in [0.4, 0.5) is 0 Å². The Morgan fingerprint density at radius 2 is 2.20 bits per heavy atom. The van der Waals surface area contributed by atoms with Crippen LogP contribution in [0.2, 0.25) is 0 Å². The molecule has 1 heterocycles. The Morgan fingerprint density at radius 1 is 1.80 bits per heavy atom. The van der Waals surface area contributed by atoms with E-state index >= 15 is 0 Å². The van der Waals surface area contributed by atoms with Crippen molar-refractivity contribution in [1.82, 2.24) is 5.32 Å². The van der Waals surface area contributed by atoms with Crippen molar-refractivity contribution in [3.63, 3.8) is 0 Å². The monoisotopic (exact) mass is 89.0 g/mol. The maximum Gasteiger partial charge on any atom is 0.0223 e. The lowest BCUT2D eigenvalue weighted by atomic mass is 10.3. The molecular weight excluding hydrogens is 81.0 g/mol. The van der Waals surface area contributed by atoms with Gasteiger partial charge in [0.2, 0.25) is 0 Å². The minimum Gasteiger partial charge on any atom is -0.311 e. The molecule has 0 amide bonds. The smallest absolute Gasteiger partial charge is 0.0223 e. The van der Waals surface area contributed by atoms with Gasteiger partial charge in [-0.2, -0.15) is 0 Å². The van der Waals surface area contributed by atoms with Gasteiger partial charge in [0.05, 0.1) is 0 Å². The van der Waals surface area contributed by atoms with Crippen molar-refractivity contribution < 1.29 is 0 Å². The molecule has 0 saturated carbocycles. The molecule has 0 spiro atoms. The highest BCUT2D eigenvalue weighted by Gasteiger charge is 2.07. The van der Waals surface area contributed by atoms with E-state index in [9.17, 15) is 0 Å². The second kappa shape index (κ2) is 1.24. The average Bonchev–Trinajstić information content (AvgIpc) is 1.30. The van der Waals surface area contributed by atoms with Gasteiger partial charge in [0.1, 0.15) is 0 Å². The van der Waals surface area contributed by atoms with Crippen LogP contribution in [0.3, 0.4) is 0 Å².